The molecule has 33 heavy (non-hydrogen) atoms. The Morgan fingerprint density at radius 2 is 1.97 bits per heavy atom. The Morgan fingerprint density at radius 3 is 2.70 bits per heavy atom. The van der Waals surface area contributed by atoms with Crippen LogP contribution < -0.4 is 0 Å². The number of nitrogens with zero attached hydrogens (tertiary/aromatic N) is 3. The molecule has 0 N–H and O–H groups in total. The Labute approximate surface area is 197 Å². The normalized spacial score (nSPS) is 20.9. The number of piperidine rings is 1. The lowest BCUT2D eigenvalue weighted by atomic mass is 9.69. The Kier molecular flexibility index (Phi) is 7.38. The summed E-state index contributed by atoms with van der Waals surface area (Å²) in [5.41, 5.74) is 4.25. The van der Waals surface area contributed by atoms with Crippen LogP contribution in [0.15, 0.2) is 40.9 Å². The topological polar surface area (TPSA) is 73.7 Å². The molecule has 2 aromatic rings. The van der Waals surface area contributed by atoms with Crippen molar-refractivity contribution in [3.63, 3.8) is 0 Å². The number of ether oxygens (including phenoxy) is 2. The minimum absolute atomic E-state index is 0.347. The van der Waals surface area contributed by atoms with Gasteiger partial charge in [0.2, 0.25) is 10.0 Å². The summed E-state index contributed by atoms with van der Waals surface area (Å²) in [4.78, 5) is 0.347. The van der Waals surface area contributed by atoms with Gasteiger partial charge in [-0.1, -0.05) is 36.6 Å². The second-order valence-corrected chi connectivity index (χ2v) is 11.1. The number of hydrogen-bond donors (Lipinski definition) is 0. The predicted molar refractivity (Wildman–Crippen MR) is 128 cm³/mol. The number of unbranched alkanes of at least 4 members (excludes halogenated alkanes) is 1. The quantitative estimate of drug-likeness (QED) is 0.492. The molecule has 1 aliphatic heterocycles. The van der Waals surface area contributed by atoms with Gasteiger partial charge in [0.05, 0.1) is 36.6 Å². The minimum Gasteiger partial charge on any atom is -0.382 e. The summed E-state index contributed by atoms with van der Waals surface area (Å²) in [5.74, 6) is 0. The van der Waals surface area contributed by atoms with Gasteiger partial charge in [0.1, 0.15) is 0 Å². The highest BCUT2D eigenvalue weighted by molar-refractivity contribution is 7.89. The smallest absolute Gasteiger partial charge is 0.243 e. The van der Waals surface area contributed by atoms with Crippen LogP contribution >= 0.6 is 0 Å². The number of fused-ring (bicyclic) bond motifs is 2. The molecule has 1 atom stereocenters. The van der Waals surface area contributed by atoms with E-state index in [4.69, 9.17) is 9.47 Å². The molecule has 1 fully saturated rings. The van der Waals surface area contributed by atoms with Crippen molar-refractivity contribution in [2.24, 2.45) is 5.41 Å². The van der Waals surface area contributed by atoms with Crippen molar-refractivity contribution in [2.75, 3.05) is 40.0 Å². The predicted octanol–water partition coefficient (Wildman–Crippen LogP) is 3.68. The molecule has 7 nitrogen and oxygen atoms in total. The molecule has 180 valence electrons. The monoisotopic (exact) mass is 473 g/mol. The Balaban J connectivity index is 1.64. The van der Waals surface area contributed by atoms with Crippen molar-refractivity contribution in [3.8, 4) is 0 Å². The first-order valence-electron chi connectivity index (χ1n) is 11.8. The maximum absolute atomic E-state index is 13.5. The third-order valence-corrected chi connectivity index (χ3v) is 8.64. The largest absolute Gasteiger partial charge is 0.382 e. The molecule has 1 aromatic carbocycles. The number of hydrogen-bond acceptors (Lipinski definition) is 5. The van der Waals surface area contributed by atoms with E-state index in [1.54, 1.807) is 23.5 Å². The summed E-state index contributed by atoms with van der Waals surface area (Å²) in [7, 11) is -1.93. The van der Waals surface area contributed by atoms with E-state index in [2.05, 4.69) is 22.8 Å². The van der Waals surface area contributed by atoms with Gasteiger partial charge in [0.25, 0.3) is 0 Å². The SMILES string of the molecule is CCCCn1ncc2c1C=C1CCN(S(=O)(=O)c3ccc(C)cc3)C[C@@]1(COCCOC)C2. The van der Waals surface area contributed by atoms with Gasteiger partial charge < -0.3 is 9.47 Å². The zero-order valence-electron chi connectivity index (χ0n) is 19.9. The van der Waals surface area contributed by atoms with Crippen LogP contribution in [-0.4, -0.2) is 62.5 Å². The lowest BCUT2D eigenvalue weighted by Gasteiger charge is -2.46. The van der Waals surface area contributed by atoms with Crippen molar-refractivity contribution < 1.29 is 17.9 Å². The fourth-order valence-corrected chi connectivity index (χ4v) is 6.37. The van der Waals surface area contributed by atoms with Crippen LogP contribution in [0, 0.1) is 12.3 Å². The highest BCUT2D eigenvalue weighted by Crippen LogP contribution is 2.45. The lowest BCUT2D eigenvalue weighted by Crippen LogP contribution is -2.51. The van der Waals surface area contributed by atoms with Gasteiger partial charge in [-0.3, -0.25) is 4.68 Å². The van der Waals surface area contributed by atoms with E-state index < -0.39 is 15.4 Å². The molecule has 1 saturated heterocycles. The molecule has 8 heteroatoms. The summed E-state index contributed by atoms with van der Waals surface area (Å²) in [6.07, 6.45) is 7.82. The summed E-state index contributed by atoms with van der Waals surface area (Å²) >= 11 is 0. The molecule has 0 radical (unpaired) electrons. The van der Waals surface area contributed by atoms with E-state index in [0.29, 0.717) is 44.2 Å². The zero-order valence-corrected chi connectivity index (χ0v) is 20.7. The van der Waals surface area contributed by atoms with Gasteiger partial charge in [-0.15, -0.1) is 0 Å². The molecule has 0 bridgehead atoms. The Morgan fingerprint density at radius 1 is 1.18 bits per heavy atom. The highest BCUT2D eigenvalue weighted by Gasteiger charge is 2.46. The zero-order chi connectivity index (χ0) is 23.5. The van der Waals surface area contributed by atoms with Crippen LogP contribution in [0.25, 0.3) is 6.08 Å². The molecule has 2 aliphatic rings. The van der Waals surface area contributed by atoms with Crippen LogP contribution in [0.3, 0.4) is 0 Å². The Bertz CT molecular complexity index is 1090. The first-order chi connectivity index (χ1) is 15.9. The maximum atomic E-state index is 13.5. The van der Waals surface area contributed by atoms with Crippen LogP contribution in [-0.2, 0) is 32.5 Å². The molecular formula is C25H35N3O4S. The minimum atomic E-state index is -3.58. The molecule has 1 aliphatic carbocycles. The van der Waals surface area contributed by atoms with Gasteiger partial charge in [-0.25, -0.2) is 8.42 Å². The number of benzene rings is 1. The van der Waals surface area contributed by atoms with E-state index in [1.165, 1.54) is 16.8 Å². The first kappa shape index (κ1) is 24.1. The number of aryl methyl sites for hydroxylation is 2. The van der Waals surface area contributed by atoms with E-state index in [-0.39, 0.29) is 0 Å². The molecule has 0 spiro atoms. The third-order valence-electron chi connectivity index (χ3n) is 6.78. The van der Waals surface area contributed by atoms with Crippen LogP contribution in [0.5, 0.6) is 0 Å². The molecule has 2 heterocycles. The fraction of sp³-hybridized carbons (Fsp3) is 0.560. The van der Waals surface area contributed by atoms with E-state index in [9.17, 15) is 8.42 Å². The van der Waals surface area contributed by atoms with Crippen LogP contribution in [0.2, 0.25) is 0 Å². The number of rotatable bonds is 10. The van der Waals surface area contributed by atoms with E-state index in [1.807, 2.05) is 25.3 Å². The van der Waals surface area contributed by atoms with E-state index in [0.717, 1.165) is 31.4 Å². The maximum Gasteiger partial charge on any atom is 0.243 e. The van der Waals surface area contributed by atoms with Crippen LogP contribution in [0.4, 0.5) is 0 Å². The number of sulfonamides is 1. The van der Waals surface area contributed by atoms with Gasteiger partial charge in [-0.05, 0) is 50.0 Å². The fourth-order valence-electron chi connectivity index (χ4n) is 4.84. The summed E-state index contributed by atoms with van der Waals surface area (Å²) in [5, 5.41) is 4.64. The highest BCUT2D eigenvalue weighted by atomic mass is 32.2. The van der Waals surface area contributed by atoms with Gasteiger partial charge in [0.15, 0.2) is 0 Å². The lowest BCUT2D eigenvalue weighted by molar-refractivity contribution is 0.0147. The van der Waals surface area contributed by atoms with Gasteiger partial charge in [-0.2, -0.15) is 9.40 Å². The van der Waals surface area contributed by atoms with Crippen molar-refractivity contribution in [2.45, 2.75) is 51.0 Å². The number of methoxy groups -OCH3 is 1. The van der Waals surface area contributed by atoms with Crippen molar-refractivity contribution in [1.29, 1.82) is 0 Å². The van der Waals surface area contributed by atoms with Crippen molar-refractivity contribution >= 4 is 16.1 Å². The van der Waals surface area contributed by atoms with Crippen molar-refractivity contribution in [1.82, 2.24) is 14.1 Å². The van der Waals surface area contributed by atoms with Gasteiger partial charge in [0, 0.05) is 32.2 Å². The summed E-state index contributed by atoms with van der Waals surface area (Å²) < 4.78 is 41.9. The third kappa shape index (κ3) is 4.94. The standard InChI is InChI=1S/C25H35N3O4S/c1-4-5-11-28-24-15-22-10-12-27(33(29,30)23-8-6-20(2)7-9-23)18-25(22,16-21(24)17-26-28)19-32-14-13-31-3/h6-9,15,17H,4-5,10-14,16,18-19H2,1-3H3/t25-/m1/s1. The molecule has 0 amide bonds. The molecule has 4 rings (SSSR count). The average Bonchev–Trinajstić information content (AvgIpc) is 3.20. The molecule has 0 saturated carbocycles. The second kappa shape index (κ2) is 10.1. The van der Waals surface area contributed by atoms with Crippen molar-refractivity contribution in [3.05, 3.63) is 52.9 Å². The van der Waals surface area contributed by atoms with Crippen LogP contribution in [0.1, 0.15) is 43.0 Å². The molecule has 1 aromatic heterocycles. The number of aromatic nitrogens is 2. The second-order valence-electron chi connectivity index (χ2n) is 9.21. The van der Waals surface area contributed by atoms with E-state index >= 15 is 0 Å². The Hall–Kier alpha value is -2.00. The van der Waals surface area contributed by atoms with Gasteiger partial charge >= 0.3 is 0 Å². The first-order valence-corrected chi connectivity index (χ1v) is 13.2. The molecular weight excluding hydrogens is 438 g/mol. The average molecular weight is 474 g/mol. The summed E-state index contributed by atoms with van der Waals surface area (Å²) in [6, 6.07) is 7.11. The summed E-state index contributed by atoms with van der Waals surface area (Å²) in [6.45, 7) is 7.38. The molecule has 0 unspecified atom stereocenters.